The fourth-order valence-corrected chi connectivity index (χ4v) is 2.87. The molecule has 2 rings (SSSR count). The van der Waals surface area contributed by atoms with Crippen molar-refractivity contribution in [2.24, 2.45) is 0 Å². The van der Waals surface area contributed by atoms with E-state index in [4.69, 9.17) is 27.9 Å². The molecule has 1 fully saturated rings. The van der Waals surface area contributed by atoms with Gasteiger partial charge < -0.3 is 10.1 Å². The molecule has 1 unspecified atom stereocenters. The lowest BCUT2D eigenvalue weighted by atomic mass is 9.72. The maximum atomic E-state index is 6.07. The summed E-state index contributed by atoms with van der Waals surface area (Å²) in [4.78, 5) is 0. The van der Waals surface area contributed by atoms with Crippen molar-refractivity contribution in [2.45, 2.75) is 30.9 Å². The molecule has 0 bridgehead atoms. The van der Waals surface area contributed by atoms with Gasteiger partial charge in [0.1, 0.15) is 0 Å². The van der Waals surface area contributed by atoms with Gasteiger partial charge in [-0.2, -0.15) is 0 Å². The molecule has 0 aliphatic heterocycles. The lowest BCUT2D eigenvalue weighted by molar-refractivity contribution is -0.0983. The molecule has 1 aromatic carbocycles. The number of likely N-dealkylation sites (N-methyl/N-ethyl adjacent to an activating group) is 1. The van der Waals surface area contributed by atoms with E-state index >= 15 is 0 Å². The first kappa shape index (κ1) is 13.2. The summed E-state index contributed by atoms with van der Waals surface area (Å²) < 4.78 is 5.71. The average Bonchev–Trinajstić information content (AvgIpc) is 2.27. The van der Waals surface area contributed by atoms with Gasteiger partial charge in [-0.25, -0.2) is 0 Å². The number of ether oxygens (including phenoxy) is 1. The number of methoxy groups -OCH3 is 1. The van der Waals surface area contributed by atoms with E-state index in [1.807, 2.05) is 25.2 Å². The van der Waals surface area contributed by atoms with Gasteiger partial charge in [-0.3, -0.25) is 0 Å². The third-order valence-corrected chi connectivity index (χ3v) is 4.44. The number of hydrogen-bond acceptors (Lipinski definition) is 2. The van der Waals surface area contributed by atoms with Crippen LogP contribution in [0, 0.1) is 0 Å². The van der Waals surface area contributed by atoms with Crippen LogP contribution in [0.15, 0.2) is 18.2 Å². The molecule has 1 aromatic rings. The highest BCUT2D eigenvalue weighted by atomic mass is 35.5. The Kier molecular flexibility index (Phi) is 3.99. The summed E-state index contributed by atoms with van der Waals surface area (Å²) in [7, 11) is 3.73. The molecule has 1 saturated carbocycles. The van der Waals surface area contributed by atoms with E-state index in [9.17, 15) is 0 Å². The molecule has 1 N–H and O–H groups in total. The molecule has 4 heteroatoms. The van der Waals surface area contributed by atoms with Gasteiger partial charge in [0.05, 0.1) is 21.7 Å². The molecule has 1 aliphatic rings. The number of nitrogens with one attached hydrogen (secondary N) is 1. The van der Waals surface area contributed by atoms with Gasteiger partial charge >= 0.3 is 0 Å². The largest absolute Gasteiger partial charge is 0.376 e. The minimum atomic E-state index is -0.0914. The molecular formula is C13H17Cl2NO. The Morgan fingerprint density at radius 2 is 2.00 bits per heavy atom. The summed E-state index contributed by atoms with van der Waals surface area (Å²) in [5.74, 6) is 0. The van der Waals surface area contributed by atoms with Crippen LogP contribution in [0.3, 0.4) is 0 Å². The van der Waals surface area contributed by atoms with E-state index in [1.165, 1.54) is 6.42 Å². The van der Waals surface area contributed by atoms with Gasteiger partial charge in [0, 0.05) is 7.11 Å². The van der Waals surface area contributed by atoms with Crippen molar-refractivity contribution in [3.63, 3.8) is 0 Å². The van der Waals surface area contributed by atoms with E-state index in [0.29, 0.717) is 10.0 Å². The van der Waals surface area contributed by atoms with E-state index in [-0.39, 0.29) is 11.6 Å². The Bertz CT molecular complexity index is 399. The lowest BCUT2D eigenvalue weighted by Crippen LogP contribution is -2.49. The first-order chi connectivity index (χ1) is 8.13. The van der Waals surface area contributed by atoms with Crippen LogP contribution in [-0.4, -0.2) is 19.8 Å². The third kappa shape index (κ3) is 2.32. The maximum absolute atomic E-state index is 6.07. The van der Waals surface area contributed by atoms with Crippen molar-refractivity contribution in [2.75, 3.05) is 14.2 Å². The van der Waals surface area contributed by atoms with Crippen LogP contribution in [0.1, 0.15) is 30.9 Å². The minimum absolute atomic E-state index is 0.0914. The Hall–Kier alpha value is -0.280. The first-order valence-corrected chi connectivity index (χ1v) is 6.56. The number of hydrogen-bond donors (Lipinski definition) is 1. The zero-order chi connectivity index (χ0) is 12.5. The Labute approximate surface area is 112 Å². The third-order valence-electron chi connectivity index (χ3n) is 3.70. The summed E-state index contributed by atoms with van der Waals surface area (Å²) in [5, 5.41) is 4.51. The standard InChI is InChI=1S/C13H17Cl2NO/c1-16-12(13(17-2)6-3-7-13)9-4-5-10(14)11(15)8-9/h4-5,8,12,16H,3,6-7H2,1-2H3. The second kappa shape index (κ2) is 5.15. The van der Waals surface area contributed by atoms with Gasteiger partial charge in [0.2, 0.25) is 0 Å². The van der Waals surface area contributed by atoms with Gasteiger partial charge in [-0.05, 0) is 44.0 Å². The van der Waals surface area contributed by atoms with E-state index in [1.54, 1.807) is 7.11 Å². The monoisotopic (exact) mass is 273 g/mol. The van der Waals surface area contributed by atoms with Crippen molar-refractivity contribution in [1.82, 2.24) is 5.32 Å². The van der Waals surface area contributed by atoms with E-state index in [2.05, 4.69) is 5.32 Å². The average molecular weight is 274 g/mol. The molecule has 94 valence electrons. The highest BCUT2D eigenvalue weighted by molar-refractivity contribution is 6.42. The zero-order valence-corrected chi connectivity index (χ0v) is 11.6. The van der Waals surface area contributed by atoms with Gasteiger partial charge in [0.15, 0.2) is 0 Å². The van der Waals surface area contributed by atoms with Gasteiger partial charge in [0.25, 0.3) is 0 Å². The molecule has 1 atom stereocenters. The molecule has 0 aromatic heterocycles. The van der Waals surface area contributed by atoms with Crippen molar-refractivity contribution in [1.29, 1.82) is 0 Å². The molecule has 0 radical (unpaired) electrons. The highest BCUT2D eigenvalue weighted by Crippen LogP contribution is 2.45. The molecule has 1 aliphatic carbocycles. The Morgan fingerprint density at radius 1 is 1.29 bits per heavy atom. The second-order valence-corrected chi connectivity index (χ2v) is 5.33. The summed E-state index contributed by atoms with van der Waals surface area (Å²) in [6, 6.07) is 5.93. The highest BCUT2D eigenvalue weighted by Gasteiger charge is 2.44. The van der Waals surface area contributed by atoms with Crippen molar-refractivity contribution in [3.05, 3.63) is 33.8 Å². The Morgan fingerprint density at radius 3 is 2.41 bits per heavy atom. The van der Waals surface area contributed by atoms with Crippen LogP contribution in [-0.2, 0) is 4.74 Å². The normalized spacial score (nSPS) is 19.8. The lowest BCUT2D eigenvalue weighted by Gasteiger charge is -2.46. The van der Waals surface area contributed by atoms with Gasteiger partial charge in [-0.1, -0.05) is 29.3 Å². The number of halogens is 2. The second-order valence-electron chi connectivity index (χ2n) is 4.52. The summed E-state index contributed by atoms with van der Waals surface area (Å²) in [5.41, 5.74) is 1.04. The molecule has 0 spiro atoms. The fraction of sp³-hybridized carbons (Fsp3) is 0.538. The fourth-order valence-electron chi connectivity index (χ4n) is 2.56. The first-order valence-electron chi connectivity index (χ1n) is 5.80. The van der Waals surface area contributed by atoms with E-state index < -0.39 is 0 Å². The molecular weight excluding hydrogens is 257 g/mol. The van der Waals surface area contributed by atoms with Crippen LogP contribution >= 0.6 is 23.2 Å². The molecule has 0 saturated heterocycles. The summed E-state index contributed by atoms with van der Waals surface area (Å²) in [6.45, 7) is 0. The van der Waals surface area contributed by atoms with Crippen molar-refractivity contribution < 1.29 is 4.74 Å². The summed E-state index contributed by atoms with van der Waals surface area (Å²) >= 11 is 12.0. The molecule has 2 nitrogen and oxygen atoms in total. The van der Waals surface area contributed by atoms with Crippen LogP contribution in [0.2, 0.25) is 10.0 Å². The SMILES string of the molecule is CNC(c1ccc(Cl)c(Cl)c1)C1(OC)CCC1. The van der Waals surface area contributed by atoms with Gasteiger partial charge in [-0.15, -0.1) is 0 Å². The van der Waals surface area contributed by atoms with Crippen LogP contribution < -0.4 is 5.32 Å². The van der Waals surface area contributed by atoms with E-state index in [0.717, 1.165) is 18.4 Å². The minimum Gasteiger partial charge on any atom is -0.376 e. The molecule has 0 amide bonds. The smallest absolute Gasteiger partial charge is 0.0872 e. The molecule has 17 heavy (non-hydrogen) atoms. The van der Waals surface area contributed by atoms with Crippen LogP contribution in [0.5, 0.6) is 0 Å². The predicted octanol–water partition coefficient (Wildman–Crippen LogP) is 3.82. The maximum Gasteiger partial charge on any atom is 0.0872 e. The summed E-state index contributed by atoms with van der Waals surface area (Å²) in [6.07, 6.45) is 3.37. The quantitative estimate of drug-likeness (QED) is 0.901. The topological polar surface area (TPSA) is 21.3 Å². The zero-order valence-electron chi connectivity index (χ0n) is 10.1. The number of benzene rings is 1. The predicted molar refractivity (Wildman–Crippen MR) is 71.9 cm³/mol. The molecule has 0 heterocycles. The number of rotatable bonds is 4. The van der Waals surface area contributed by atoms with Crippen LogP contribution in [0.25, 0.3) is 0 Å². The van der Waals surface area contributed by atoms with Crippen molar-refractivity contribution in [3.8, 4) is 0 Å². The van der Waals surface area contributed by atoms with Crippen molar-refractivity contribution >= 4 is 23.2 Å². The van der Waals surface area contributed by atoms with Crippen LogP contribution in [0.4, 0.5) is 0 Å². The Balaban J connectivity index is 2.31.